The first-order chi connectivity index (χ1) is 10.7. The number of pyridine rings is 1. The molecule has 5 nitrogen and oxygen atoms in total. The van der Waals surface area contributed by atoms with Gasteiger partial charge >= 0.3 is 0 Å². The molecule has 0 saturated carbocycles. The number of hydrogen-bond donors (Lipinski definition) is 0. The molecule has 3 heterocycles. The molecule has 0 radical (unpaired) electrons. The Bertz CT molecular complexity index is 839. The van der Waals surface area contributed by atoms with Gasteiger partial charge in [0.05, 0.1) is 5.69 Å². The van der Waals surface area contributed by atoms with Crippen molar-refractivity contribution in [1.82, 2.24) is 9.38 Å². The third-order valence-electron chi connectivity index (χ3n) is 3.80. The number of anilines is 1. The van der Waals surface area contributed by atoms with Crippen LogP contribution in [0.25, 0.3) is 16.9 Å². The predicted molar refractivity (Wildman–Crippen MR) is 85.9 cm³/mol. The number of imidazole rings is 1. The van der Waals surface area contributed by atoms with Crippen molar-refractivity contribution < 1.29 is 9.47 Å². The molecule has 0 bridgehead atoms. The van der Waals surface area contributed by atoms with E-state index in [4.69, 9.17) is 14.5 Å². The number of fused-ring (bicyclic) bond motifs is 2. The number of benzene rings is 1. The van der Waals surface area contributed by atoms with Gasteiger partial charge in [-0.05, 0) is 24.3 Å². The second-order valence-electron chi connectivity index (χ2n) is 5.53. The highest BCUT2D eigenvalue weighted by molar-refractivity contribution is 5.68. The van der Waals surface area contributed by atoms with Crippen molar-refractivity contribution in [2.45, 2.75) is 0 Å². The van der Waals surface area contributed by atoms with Crippen molar-refractivity contribution in [3.8, 4) is 22.8 Å². The predicted octanol–water partition coefficient (Wildman–Crippen LogP) is 2.84. The molecule has 0 amide bonds. The molecule has 0 N–H and O–H groups in total. The Hall–Kier alpha value is -2.69. The largest absolute Gasteiger partial charge is 0.486 e. The zero-order valence-electron chi connectivity index (χ0n) is 12.6. The molecule has 0 saturated heterocycles. The van der Waals surface area contributed by atoms with Crippen LogP contribution in [0.15, 0.2) is 42.7 Å². The maximum atomic E-state index is 5.64. The van der Waals surface area contributed by atoms with Crippen LogP contribution in [0.5, 0.6) is 11.5 Å². The van der Waals surface area contributed by atoms with Crippen LogP contribution >= 0.6 is 0 Å². The first-order valence-corrected chi connectivity index (χ1v) is 7.27. The van der Waals surface area contributed by atoms with E-state index in [0.717, 1.165) is 34.1 Å². The Morgan fingerprint density at radius 3 is 2.68 bits per heavy atom. The summed E-state index contributed by atoms with van der Waals surface area (Å²) in [6.45, 7) is 1.20. The fraction of sp³-hybridized carbons (Fsp3) is 0.235. The summed E-state index contributed by atoms with van der Waals surface area (Å²) in [5.41, 5.74) is 4.01. The monoisotopic (exact) mass is 295 g/mol. The highest BCUT2D eigenvalue weighted by atomic mass is 16.6. The minimum atomic E-state index is 0.591. The van der Waals surface area contributed by atoms with E-state index in [0.29, 0.717) is 13.2 Å². The summed E-state index contributed by atoms with van der Waals surface area (Å²) in [6, 6.07) is 10.1. The van der Waals surface area contributed by atoms with E-state index in [9.17, 15) is 0 Å². The lowest BCUT2D eigenvalue weighted by molar-refractivity contribution is 0.171. The van der Waals surface area contributed by atoms with E-state index in [1.807, 2.05) is 49.1 Å². The van der Waals surface area contributed by atoms with E-state index < -0.39 is 0 Å². The van der Waals surface area contributed by atoms with Crippen LogP contribution in [-0.2, 0) is 0 Å². The molecule has 0 fully saturated rings. The van der Waals surface area contributed by atoms with Gasteiger partial charge in [-0.3, -0.25) is 0 Å². The van der Waals surface area contributed by atoms with Gasteiger partial charge in [0.1, 0.15) is 18.9 Å². The van der Waals surface area contributed by atoms with Crippen molar-refractivity contribution in [3.63, 3.8) is 0 Å². The van der Waals surface area contributed by atoms with Crippen LogP contribution in [0.3, 0.4) is 0 Å². The zero-order chi connectivity index (χ0) is 15.1. The number of ether oxygens (including phenoxy) is 2. The van der Waals surface area contributed by atoms with Crippen molar-refractivity contribution in [2.24, 2.45) is 0 Å². The van der Waals surface area contributed by atoms with Crippen LogP contribution in [0.2, 0.25) is 0 Å². The number of rotatable bonds is 2. The van der Waals surface area contributed by atoms with E-state index in [1.54, 1.807) is 0 Å². The van der Waals surface area contributed by atoms with Crippen molar-refractivity contribution in [2.75, 3.05) is 32.2 Å². The third kappa shape index (κ3) is 2.15. The van der Waals surface area contributed by atoms with Crippen molar-refractivity contribution in [3.05, 3.63) is 42.7 Å². The second kappa shape index (κ2) is 4.94. The summed E-state index contributed by atoms with van der Waals surface area (Å²) in [5.74, 6) is 1.59. The third-order valence-corrected chi connectivity index (χ3v) is 3.80. The molecule has 1 aliphatic rings. The normalized spacial score (nSPS) is 13.4. The summed E-state index contributed by atoms with van der Waals surface area (Å²) in [4.78, 5) is 6.78. The van der Waals surface area contributed by atoms with Gasteiger partial charge in [-0.2, -0.15) is 0 Å². The van der Waals surface area contributed by atoms with Crippen LogP contribution in [0.1, 0.15) is 0 Å². The standard InChI is InChI=1S/C17H17N3O2/c1-19(2)13-5-6-20-11-14(18-17(20)10-13)12-3-4-15-16(9-12)22-8-7-21-15/h3-6,9-11H,7-8H2,1-2H3. The molecular weight excluding hydrogens is 278 g/mol. The summed E-state index contributed by atoms with van der Waals surface area (Å²) >= 11 is 0. The Labute approximate surface area is 128 Å². The molecule has 22 heavy (non-hydrogen) atoms. The van der Waals surface area contributed by atoms with Crippen LogP contribution in [0.4, 0.5) is 5.69 Å². The zero-order valence-corrected chi connectivity index (χ0v) is 12.6. The van der Waals surface area contributed by atoms with E-state index >= 15 is 0 Å². The Kier molecular flexibility index (Phi) is 2.92. The molecule has 0 unspecified atom stereocenters. The molecule has 1 aliphatic heterocycles. The maximum Gasteiger partial charge on any atom is 0.162 e. The molecule has 4 rings (SSSR count). The summed E-state index contributed by atoms with van der Waals surface area (Å²) < 4.78 is 13.2. The van der Waals surface area contributed by atoms with Crippen LogP contribution < -0.4 is 14.4 Å². The Morgan fingerprint density at radius 2 is 1.86 bits per heavy atom. The van der Waals surface area contributed by atoms with Crippen LogP contribution in [-0.4, -0.2) is 36.7 Å². The topological polar surface area (TPSA) is 39.0 Å². The lowest BCUT2D eigenvalue weighted by Gasteiger charge is -2.18. The Morgan fingerprint density at radius 1 is 1.05 bits per heavy atom. The first-order valence-electron chi connectivity index (χ1n) is 7.27. The van der Waals surface area contributed by atoms with E-state index in [-0.39, 0.29) is 0 Å². The van der Waals surface area contributed by atoms with Gasteiger partial charge in [0.25, 0.3) is 0 Å². The Balaban J connectivity index is 1.77. The number of nitrogens with zero attached hydrogens (tertiary/aromatic N) is 3. The average molecular weight is 295 g/mol. The molecule has 0 atom stereocenters. The average Bonchev–Trinajstić information content (AvgIpc) is 2.97. The molecular formula is C17H17N3O2. The van der Waals surface area contributed by atoms with Gasteiger partial charge < -0.3 is 18.8 Å². The quantitative estimate of drug-likeness (QED) is 0.729. The summed E-state index contributed by atoms with van der Waals surface area (Å²) in [6.07, 6.45) is 4.05. The highest BCUT2D eigenvalue weighted by Crippen LogP contribution is 2.34. The van der Waals surface area contributed by atoms with Crippen molar-refractivity contribution in [1.29, 1.82) is 0 Å². The lowest BCUT2D eigenvalue weighted by atomic mass is 10.1. The lowest BCUT2D eigenvalue weighted by Crippen LogP contribution is -2.15. The molecule has 0 spiro atoms. The summed E-state index contributed by atoms with van der Waals surface area (Å²) in [5, 5.41) is 0. The maximum absolute atomic E-state index is 5.64. The van der Waals surface area contributed by atoms with Gasteiger partial charge in [0.15, 0.2) is 11.5 Å². The van der Waals surface area contributed by atoms with E-state index in [2.05, 4.69) is 17.0 Å². The number of hydrogen-bond acceptors (Lipinski definition) is 4. The molecule has 2 aromatic heterocycles. The molecule has 5 heteroatoms. The van der Waals surface area contributed by atoms with Gasteiger partial charge in [-0.15, -0.1) is 0 Å². The van der Waals surface area contributed by atoms with Crippen LogP contribution in [0, 0.1) is 0 Å². The van der Waals surface area contributed by atoms with Gasteiger partial charge in [0, 0.05) is 43.8 Å². The first kappa shape index (κ1) is 13.0. The second-order valence-corrected chi connectivity index (χ2v) is 5.53. The van der Waals surface area contributed by atoms with E-state index in [1.165, 1.54) is 0 Å². The molecule has 112 valence electrons. The fourth-order valence-corrected chi connectivity index (χ4v) is 2.59. The molecule has 1 aromatic carbocycles. The van der Waals surface area contributed by atoms with Crippen molar-refractivity contribution >= 4 is 11.3 Å². The van der Waals surface area contributed by atoms with Gasteiger partial charge in [-0.1, -0.05) is 0 Å². The van der Waals surface area contributed by atoms with Gasteiger partial charge in [-0.25, -0.2) is 4.98 Å². The molecule has 0 aliphatic carbocycles. The van der Waals surface area contributed by atoms with Gasteiger partial charge in [0.2, 0.25) is 0 Å². The SMILES string of the molecule is CN(C)c1ccn2cc(-c3ccc4c(c3)OCCO4)nc2c1. The highest BCUT2D eigenvalue weighted by Gasteiger charge is 2.14. The number of aromatic nitrogens is 2. The summed E-state index contributed by atoms with van der Waals surface area (Å²) in [7, 11) is 4.05. The fourth-order valence-electron chi connectivity index (χ4n) is 2.59. The minimum absolute atomic E-state index is 0.591. The smallest absolute Gasteiger partial charge is 0.162 e. The minimum Gasteiger partial charge on any atom is -0.486 e. The molecule has 3 aromatic rings.